The van der Waals surface area contributed by atoms with Crippen LogP contribution in [0.15, 0.2) is 11.1 Å². The first-order valence-corrected chi connectivity index (χ1v) is 8.21. The molecule has 2 aliphatic heterocycles. The number of likely N-dealkylation sites (tertiary alicyclic amines) is 1. The number of rotatable bonds is 3. The molecule has 1 N–H and O–H groups in total. The van der Waals surface area contributed by atoms with Crippen LogP contribution in [0, 0.1) is 5.92 Å². The third-order valence-corrected chi connectivity index (χ3v) is 4.92. The predicted octanol–water partition coefficient (Wildman–Crippen LogP) is 0.940. The maximum absolute atomic E-state index is 12.7. The lowest BCUT2D eigenvalue weighted by molar-refractivity contribution is -0.142. The molecule has 0 spiro atoms. The number of piperidine rings is 1. The predicted molar refractivity (Wildman–Crippen MR) is 80.5 cm³/mol. The summed E-state index contributed by atoms with van der Waals surface area (Å²) in [6, 6.07) is 0.147. The maximum atomic E-state index is 12.7. The van der Waals surface area contributed by atoms with Crippen molar-refractivity contribution in [3.8, 4) is 0 Å². The van der Waals surface area contributed by atoms with E-state index >= 15 is 0 Å². The number of aromatic amines is 1. The molecule has 1 aromatic rings. The van der Waals surface area contributed by atoms with Crippen LogP contribution in [0.1, 0.15) is 45.1 Å². The van der Waals surface area contributed by atoms with Gasteiger partial charge in [-0.3, -0.25) is 9.36 Å². The van der Waals surface area contributed by atoms with Gasteiger partial charge in [0.05, 0.1) is 6.10 Å². The highest BCUT2D eigenvalue weighted by molar-refractivity contribution is 5.79. The summed E-state index contributed by atoms with van der Waals surface area (Å²) < 4.78 is 7.30. The standard InChI is InChI=1S/C15H24N4O3/c1-2-13-9-11(5-8-22-13)14(20)18-6-3-12(4-7-18)19-10-16-17-15(19)21/h10-13H,2-9H2,1H3,(H,17,21). The van der Waals surface area contributed by atoms with E-state index in [1.54, 1.807) is 10.9 Å². The van der Waals surface area contributed by atoms with Crippen molar-refractivity contribution in [3.63, 3.8) is 0 Å². The number of carbonyl (C=O) groups excluding carboxylic acids is 1. The molecule has 2 unspecified atom stereocenters. The van der Waals surface area contributed by atoms with E-state index in [-0.39, 0.29) is 29.7 Å². The highest BCUT2D eigenvalue weighted by Crippen LogP contribution is 2.27. The van der Waals surface area contributed by atoms with Crippen LogP contribution in [-0.2, 0) is 9.53 Å². The smallest absolute Gasteiger partial charge is 0.343 e. The van der Waals surface area contributed by atoms with Crippen LogP contribution in [0.5, 0.6) is 0 Å². The van der Waals surface area contributed by atoms with E-state index in [1.165, 1.54) is 0 Å². The molecular weight excluding hydrogens is 284 g/mol. The largest absolute Gasteiger partial charge is 0.378 e. The highest BCUT2D eigenvalue weighted by Gasteiger charge is 2.32. The number of carbonyl (C=O) groups is 1. The minimum Gasteiger partial charge on any atom is -0.378 e. The molecule has 0 radical (unpaired) electrons. The lowest BCUT2D eigenvalue weighted by atomic mass is 9.92. The van der Waals surface area contributed by atoms with Gasteiger partial charge < -0.3 is 9.64 Å². The van der Waals surface area contributed by atoms with Crippen molar-refractivity contribution in [1.82, 2.24) is 19.7 Å². The first-order chi connectivity index (χ1) is 10.7. The van der Waals surface area contributed by atoms with Crippen molar-refractivity contribution in [2.24, 2.45) is 5.92 Å². The molecule has 0 bridgehead atoms. The Kier molecular flexibility index (Phi) is 4.61. The van der Waals surface area contributed by atoms with Crippen LogP contribution >= 0.6 is 0 Å². The molecule has 2 fully saturated rings. The second-order valence-electron chi connectivity index (χ2n) is 6.25. The summed E-state index contributed by atoms with van der Waals surface area (Å²) in [4.78, 5) is 26.2. The Labute approximate surface area is 129 Å². The fourth-order valence-corrected chi connectivity index (χ4v) is 3.53. The van der Waals surface area contributed by atoms with Crippen molar-refractivity contribution < 1.29 is 9.53 Å². The molecule has 122 valence electrons. The number of H-pyrrole nitrogens is 1. The average Bonchev–Trinajstić information content (AvgIpc) is 3.00. The summed E-state index contributed by atoms with van der Waals surface area (Å²) in [5, 5.41) is 6.20. The molecule has 1 aromatic heterocycles. The number of nitrogens with one attached hydrogen (secondary N) is 1. The van der Waals surface area contributed by atoms with Crippen molar-refractivity contribution >= 4 is 5.91 Å². The van der Waals surface area contributed by atoms with Gasteiger partial charge in [0.2, 0.25) is 5.91 Å². The van der Waals surface area contributed by atoms with E-state index in [0.717, 1.165) is 45.2 Å². The van der Waals surface area contributed by atoms with Gasteiger partial charge in [0.15, 0.2) is 0 Å². The van der Waals surface area contributed by atoms with E-state index < -0.39 is 0 Å². The van der Waals surface area contributed by atoms with Crippen LogP contribution in [-0.4, -0.2) is 51.4 Å². The van der Waals surface area contributed by atoms with Crippen molar-refractivity contribution in [1.29, 1.82) is 0 Å². The summed E-state index contributed by atoms with van der Waals surface area (Å²) in [6.45, 7) is 4.23. The summed E-state index contributed by atoms with van der Waals surface area (Å²) in [6.07, 6.45) is 6.04. The third-order valence-electron chi connectivity index (χ3n) is 4.92. The first-order valence-electron chi connectivity index (χ1n) is 8.21. The Morgan fingerprint density at radius 1 is 1.41 bits per heavy atom. The van der Waals surface area contributed by atoms with Gasteiger partial charge in [-0.05, 0) is 32.1 Å². The second kappa shape index (κ2) is 6.64. The lowest BCUT2D eigenvalue weighted by Crippen LogP contribution is -2.45. The Balaban J connectivity index is 1.56. The molecule has 7 heteroatoms. The number of ether oxygens (including phenoxy) is 1. The normalized spacial score (nSPS) is 27.0. The Morgan fingerprint density at radius 3 is 2.82 bits per heavy atom. The molecule has 2 saturated heterocycles. The molecule has 2 aliphatic rings. The second-order valence-corrected chi connectivity index (χ2v) is 6.25. The fraction of sp³-hybridized carbons (Fsp3) is 0.800. The molecule has 0 aliphatic carbocycles. The molecule has 0 saturated carbocycles. The number of hydrogen-bond donors (Lipinski definition) is 1. The minimum absolute atomic E-state index is 0.104. The summed E-state index contributed by atoms with van der Waals surface area (Å²) in [7, 11) is 0. The Morgan fingerprint density at radius 2 is 2.18 bits per heavy atom. The van der Waals surface area contributed by atoms with Crippen molar-refractivity contribution in [3.05, 3.63) is 16.8 Å². The molecular formula is C15H24N4O3. The van der Waals surface area contributed by atoms with Gasteiger partial charge in [-0.1, -0.05) is 6.92 Å². The zero-order valence-corrected chi connectivity index (χ0v) is 13.0. The molecule has 3 rings (SSSR count). The Hall–Kier alpha value is -1.63. The van der Waals surface area contributed by atoms with E-state index in [2.05, 4.69) is 17.1 Å². The first kappa shape index (κ1) is 15.3. The van der Waals surface area contributed by atoms with Gasteiger partial charge in [0, 0.05) is 31.7 Å². The molecule has 0 aromatic carbocycles. The quantitative estimate of drug-likeness (QED) is 0.901. The van der Waals surface area contributed by atoms with Crippen LogP contribution in [0.25, 0.3) is 0 Å². The number of aromatic nitrogens is 3. The number of nitrogens with zero attached hydrogens (tertiary/aromatic N) is 3. The lowest BCUT2D eigenvalue weighted by Gasteiger charge is -2.36. The van der Waals surface area contributed by atoms with Crippen molar-refractivity contribution in [2.75, 3.05) is 19.7 Å². The minimum atomic E-state index is -0.167. The maximum Gasteiger partial charge on any atom is 0.343 e. The van der Waals surface area contributed by atoms with Crippen molar-refractivity contribution in [2.45, 2.75) is 51.2 Å². The van der Waals surface area contributed by atoms with Gasteiger partial charge in [0.1, 0.15) is 6.33 Å². The van der Waals surface area contributed by atoms with Crippen LogP contribution in [0.4, 0.5) is 0 Å². The summed E-state index contributed by atoms with van der Waals surface area (Å²) in [5.41, 5.74) is -0.167. The zero-order chi connectivity index (χ0) is 15.5. The van der Waals surface area contributed by atoms with Gasteiger partial charge in [0.25, 0.3) is 0 Å². The topological polar surface area (TPSA) is 80.2 Å². The highest BCUT2D eigenvalue weighted by atomic mass is 16.5. The number of hydrogen-bond acceptors (Lipinski definition) is 4. The molecule has 2 atom stereocenters. The van der Waals surface area contributed by atoms with Gasteiger partial charge in [-0.25, -0.2) is 9.89 Å². The Bertz CT molecular complexity index is 559. The van der Waals surface area contributed by atoms with E-state index in [9.17, 15) is 9.59 Å². The summed E-state index contributed by atoms with van der Waals surface area (Å²) >= 11 is 0. The van der Waals surface area contributed by atoms with Gasteiger partial charge in [-0.15, -0.1) is 0 Å². The third kappa shape index (κ3) is 3.09. The van der Waals surface area contributed by atoms with Gasteiger partial charge >= 0.3 is 5.69 Å². The molecule has 3 heterocycles. The molecule has 7 nitrogen and oxygen atoms in total. The monoisotopic (exact) mass is 308 g/mol. The number of amides is 1. The van der Waals surface area contributed by atoms with E-state index in [1.807, 2.05) is 4.90 Å². The van der Waals surface area contributed by atoms with Crippen LogP contribution < -0.4 is 5.69 Å². The molecule has 1 amide bonds. The van der Waals surface area contributed by atoms with E-state index in [4.69, 9.17) is 4.74 Å². The van der Waals surface area contributed by atoms with E-state index in [0.29, 0.717) is 6.61 Å². The van der Waals surface area contributed by atoms with Gasteiger partial charge in [-0.2, -0.15) is 5.10 Å². The van der Waals surface area contributed by atoms with Crippen LogP contribution in [0.3, 0.4) is 0 Å². The molecule has 22 heavy (non-hydrogen) atoms. The summed E-state index contributed by atoms with van der Waals surface area (Å²) in [5.74, 6) is 0.367. The van der Waals surface area contributed by atoms with Crippen LogP contribution in [0.2, 0.25) is 0 Å². The fourth-order valence-electron chi connectivity index (χ4n) is 3.53. The average molecular weight is 308 g/mol. The SMILES string of the molecule is CCC1CC(C(=O)N2CCC(n3cn[nH]c3=O)CC2)CCO1. The zero-order valence-electron chi connectivity index (χ0n) is 13.0.